The lowest BCUT2D eigenvalue weighted by Crippen LogP contribution is -2.29. The lowest BCUT2D eigenvalue weighted by molar-refractivity contribution is 0.0953. The van der Waals surface area contributed by atoms with Gasteiger partial charge in [0, 0.05) is 18.0 Å². The number of amides is 1. The highest BCUT2D eigenvalue weighted by Crippen LogP contribution is 1.93. The number of pyridine rings is 1. The van der Waals surface area contributed by atoms with Crippen molar-refractivity contribution >= 4 is 5.91 Å². The maximum atomic E-state index is 10.7. The monoisotopic (exact) mass is 141 g/mol. The maximum Gasteiger partial charge on any atom is 0.265 e. The van der Waals surface area contributed by atoms with E-state index < -0.39 is 0 Å². The Labute approximate surface area is 58.0 Å². The van der Waals surface area contributed by atoms with Gasteiger partial charge in [-0.1, -0.05) is 0 Å². The third-order valence-electron chi connectivity index (χ3n) is 1.07. The molecule has 52 valence electrons. The van der Waals surface area contributed by atoms with Gasteiger partial charge in [0.15, 0.2) is 0 Å². The molecule has 1 amide bonds. The summed E-state index contributed by atoms with van der Waals surface area (Å²) in [5.74, 6) is 4.58. The molecule has 0 unspecified atom stereocenters. The Kier molecular flexibility index (Phi) is 1.96. The molecule has 0 aliphatic heterocycles. The van der Waals surface area contributed by atoms with Crippen LogP contribution in [-0.2, 0) is 0 Å². The van der Waals surface area contributed by atoms with Gasteiger partial charge >= 0.3 is 0 Å². The van der Waals surface area contributed by atoms with E-state index in [1.165, 1.54) is 12.4 Å². The zero-order valence-electron chi connectivity index (χ0n) is 5.24. The number of nitrogens with one attached hydrogen (secondary N) is 1. The standard InChI is InChI=1S/C6H7N3O/c7-9-6(10)5-1-3-8-4-2-5/h1-4H,7H2,(H,9,10)/i6+1,7+1,9+1,10+1. The van der Waals surface area contributed by atoms with Gasteiger partial charge in [-0.15, -0.1) is 0 Å². The smallest absolute Gasteiger partial charge is 0.265 e. The lowest BCUT2D eigenvalue weighted by Gasteiger charge is -1.95. The molecule has 4 heteroatoms. The van der Waals surface area contributed by atoms with Crippen molar-refractivity contribution in [2.24, 2.45) is 5.84 Å². The second kappa shape index (κ2) is 2.93. The van der Waals surface area contributed by atoms with E-state index >= 15 is 0 Å². The van der Waals surface area contributed by atoms with Crippen molar-refractivity contribution in [2.45, 2.75) is 0 Å². The molecular formula is C6H7N3O. The molecule has 1 heterocycles. The topological polar surface area (TPSA) is 68.0 Å². The molecule has 1 aromatic heterocycles. The van der Waals surface area contributed by atoms with E-state index in [1.54, 1.807) is 12.1 Å². The number of rotatable bonds is 1. The van der Waals surface area contributed by atoms with Crippen LogP contribution in [0.2, 0.25) is 0 Å². The number of carbonyl (C=O) groups excluding carboxylic acids is 1. The van der Waals surface area contributed by atoms with Crippen molar-refractivity contribution in [3.63, 3.8) is 0 Å². The second-order valence-corrected chi connectivity index (χ2v) is 1.71. The molecule has 3 N–H and O–H groups in total. The van der Waals surface area contributed by atoms with Crippen LogP contribution >= 0.6 is 0 Å². The summed E-state index contributed by atoms with van der Waals surface area (Å²) in [4.78, 5) is 14.5. The molecule has 0 spiro atoms. The van der Waals surface area contributed by atoms with Gasteiger partial charge in [0.1, 0.15) is 0 Å². The predicted octanol–water partition coefficient (Wildman–Crippen LogP) is -0.315. The van der Waals surface area contributed by atoms with E-state index in [2.05, 4.69) is 4.98 Å². The van der Waals surface area contributed by atoms with Crippen molar-refractivity contribution < 1.29 is 4.79 Å². The molecule has 1 rings (SSSR count). The van der Waals surface area contributed by atoms with Crippen molar-refractivity contribution in [3.8, 4) is 0 Å². The SMILES string of the molecule is [15NH2][15NH][13C](=[17O])c1ccncc1. The third kappa shape index (κ3) is 1.29. The van der Waals surface area contributed by atoms with Crippen LogP contribution < -0.4 is 11.3 Å². The van der Waals surface area contributed by atoms with Crippen LogP contribution in [-0.4, -0.2) is 10.9 Å². The zero-order valence-corrected chi connectivity index (χ0v) is 5.24. The van der Waals surface area contributed by atoms with Gasteiger partial charge in [0.25, 0.3) is 5.91 Å². The number of hydrogen-bond acceptors (Lipinski definition) is 3. The summed E-state index contributed by atoms with van der Waals surface area (Å²) in [6.07, 6.45) is 3.06. The van der Waals surface area contributed by atoms with E-state index in [0.717, 1.165) is 0 Å². The number of aromatic nitrogens is 1. The average molecular weight is 141 g/mol. The van der Waals surface area contributed by atoms with Crippen LogP contribution in [0.4, 0.5) is 0 Å². The molecule has 0 aromatic carbocycles. The molecule has 0 saturated heterocycles. The van der Waals surface area contributed by atoms with Gasteiger partial charge in [0.2, 0.25) is 0 Å². The minimum atomic E-state index is -0.303. The fraction of sp³-hybridized carbons (Fsp3) is 0. The Morgan fingerprint density at radius 3 is 2.60 bits per heavy atom. The van der Waals surface area contributed by atoms with Gasteiger partial charge in [-0.05, 0) is 12.1 Å². The fourth-order valence-electron chi connectivity index (χ4n) is 0.587. The van der Waals surface area contributed by atoms with E-state index in [-0.39, 0.29) is 5.91 Å². The highest BCUT2D eigenvalue weighted by Gasteiger charge is 1.98. The molecule has 0 aliphatic rings. The Balaban J connectivity index is 2.85. The van der Waals surface area contributed by atoms with Gasteiger partial charge in [-0.3, -0.25) is 15.2 Å². The first-order valence-electron chi connectivity index (χ1n) is 2.75. The summed E-state index contributed by atoms with van der Waals surface area (Å²) in [7, 11) is 0. The minimum absolute atomic E-state index is 0.303. The van der Waals surface area contributed by atoms with E-state index in [9.17, 15) is 4.79 Å². The molecule has 10 heavy (non-hydrogen) atoms. The molecule has 0 fully saturated rings. The second-order valence-electron chi connectivity index (χ2n) is 1.71. The minimum Gasteiger partial charge on any atom is -0.290 e. The fourth-order valence-corrected chi connectivity index (χ4v) is 0.587. The Bertz CT molecular complexity index is 222. The predicted molar refractivity (Wildman–Crippen MR) is 35.9 cm³/mol. The molecule has 0 bridgehead atoms. The Morgan fingerprint density at radius 1 is 1.50 bits per heavy atom. The van der Waals surface area contributed by atoms with Gasteiger partial charge < -0.3 is 0 Å². The Morgan fingerprint density at radius 2 is 2.10 bits per heavy atom. The molecule has 0 radical (unpaired) electrons. The number of nitrogen functional groups attached to an aromatic ring is 1. The molecule has 0 aliphatic carbocycles. The summed E-state index contributed by atoms with van der Waals surface area (Å²) in [5.41, 5.74) is 2.53. The summed E-state index contributed by atoms with van der Waals surface area (Å²) in [6.45, 7) is 0. The van der Waals surface area contributed by atoms with E-state index in [4.69, 9.17) is 5.84 Å². The lowest BCUT2D eigenvalue weighted by atomic mass is 10.4. The number of carbonyl (C=O) groups is 1. The van der Waals surface area contributed by atoms with Gasteiger partial charge in [-0.2, -0.15) is 0 Å². The van der Waals surface area contributed by atoms with Crippen LogP contribution in [0.3, 0.4) is 0 Å². The van der Waals surface area contributed by atoms with Crippen molar-refractivity contribution in [1.82, 2.24) is 10.4 Å². The summed E-state index contributed by atoms with van der Waals surface area (Å²) < 4.78 is 0. The number of hydrazine groups is 1. The van der Waals surface area contributed by atoms with Crippen LogP contribution in [0.15, 0.2) is 24.5 Å². The molecule has 4 nitrogen and oxygen atoms in total. The van der Waals surface area contributed by atoms with Crippen LogP contribution in [0.1, 0.15) is 10.4 Å². The van der Waals surface area contributed by atoms with Crippen LogP contribution in [0.5, 0.6) is 0 Å². The number of nitrogens with two attached hydrogens (primary N) is 1. The van der Waals surface area contributed by atoms with Crippen molar-refractivity contribution in [3.05, 3.63) is 30.1 Å². The first-order valence-corrected chi connectivity index (χ1v) is 2.75. The zero-order chi connectivity index (χ0) is 7.40. The first kappa shape index (κ1) is 6.70. The third-order valence-corrected chi connectivity index (χ3v) is 1.07. The summed E-state index contributed by atoms with van der Waals surface area (Å²) in [6, 6.07) is 3.17. The van der Waals surface area contributed by atoms with Crippen molar-refractivity contribution in [2.75, 3.05) is 0 Å². The van der Waals surface area contributed by atoms with Gasteiger partial charge in [0.05, 0.1) is 0 Å². The molecule has 1 aromatic rings. The van der Waals surface area contributed by atoms with Crippen molar-refractivity contribution in [1.29, 1.82) is 0 Å². The highest BCUT2D eigenvalue weighted by molar-refractivity contribution is 5.93. The normalized spacial score (nSPS) is 8.90. The molecular weight excluding hydrogens is 134 g/mol. The number of nitrogens with zero attached hydrogens (tertiary/aromatic N) is 1. The van der Waals surface area contributed by atoms with Gasteiger partial charge in [-0.25, -0.2) is 5.84 Å². The quantitative estimate of drug-likeness (QED) is 0.185. The Hall–Kier alpha value is -1.42. The highest BCUT2D eigenvalue weighted by atomic mass is 17.1. The maximum absolute atomic E-state index is 10.7. The van der Waals surface area contributed by atoms with Crippen LogP contribution in [0, 0.1) is 0 Å². The van der Waals surface area contributed by atoms with Crippen LogP contribution in [0.25, 0.3) is 0 Å². The molecule has 0 saturated carbocycles. The molecule has 0 atom stereocenters. The largest absolute Gasteiger partial charge is 0.290 e. The summed E-state index contributed by atoms with van der Waals surface area (Å²) in [5, 5.41) is 0. The van der Waals surface area contributed by atoms with E-state index in [1.807, 2.05) is 5.43 Å². The average Bonchev–Trinajstić information content (AvgIpc) is 2.05. The number of hydrogen-bond donors (Lipinski definition) is 2. The summed E-state index contributed by atoms with van der Waals surface area (Å²) >= 11 is 0. The van der Waals surface area contributed by atoms with E-state index in [0.29, 0.717) is 5.56 Å². The first-order chi connectivity index (χ1) is 4.84.